The maximum Gasteiger partial charge on any atom is 0.270 e. The number of nitro groups is 1. The van der Waals surface area contributed by atoms with E-state index in [4.69, 9.17) is 14.2 Å². The largest absolute Gasteiger partial charge is 0.479 e. The Balaban J connectivity index is 1.98. The van der Waals surface area contributed by atoms with Crippen molar-refractivity contribution in [3.05, 3.63) is 69.5 Å². The first-order chi connectivity index (χ1) is 17.6. The van der Waals surface area contributed by atoms with E-state index in [1.165, 1.54) is 31.1 Å². The molecule has 0 radical (unpaired) electrons. The maximum absolute atomic E-state index is 12.0. The average Bonchev–Trinajstić information content (AvgIpc) is 3.28. The summed E-state index contributed by atoms with van der Waals surface area (Å²) >= 11 is 0. The van der Waals surface area contributed by atoms with Crippen LogP contribution < -0.4 is 9.64 Å². The van der Waals surface area contributed by atoms with Gasteiger partial charge in [-0.3, -0.25) is 10.1 Å². The number of methoxy groups -OCH3 is 2. The summed E-state index contributed by atoms with van der Waals surface area (Å²) in [7, 11) is 4.60. The number of aliphatic hydroxyl groups excluding tert-OH is 1. The fourth-order valence-corrected chi connectivity index (χ4v) is 4.95. The van der Waals surface area contributed by atoms with Gasteiger partial charge in [-0.15, -0.1) is 10.2 Å². The molecule has 3 unspecified atom stereocenters. The van der Waals surface area contributed by atoms with Gasteiger partial charge in [0.1, 0.15) is 11.9 Å². The number of nitrogens with zero attached hydrogens (tertiary/aromatic N) is 6. The van der Waals surface area contributed by atoms with Crippen molar-refractivity contribution in [1.82, 2.24) is 20.2 Å². The molecule has 4 rings (SSSR count). The van der Waals surface area contributed by atoms with Crippen molar-refractivity contribution < 1.29 is 24.2 Å². The Kier molecular flexibility index (Phi) is 7.44. The quantitative estimate of drug-likeness (QED) is 0.258. The highest BCUT2D eigenvalue weighted by Gasteiger charge is 2.54. The zero-order chi connectivity index (χ0) is 26.9. The number of hydrogen-bond acceptors (Lipinski definition) is 10. The van der Waals surface area contributed by atoms with E-state index >= 15 is 0 Å². The first-order valence-corrected chi connectivity index (χ1v) is 11.9. The number of non-ortho nitro benzene ring substituents is 1. The first kappa shape index (κ1) is 26.5. The van der Waals surface area contributed by atoms with Crippen molar-refractivity contribution in [2.45, 2.75) is 57.3 Å². The molecule has 3 atom stereocenters. The van der Waals surface area contributed by atoms with Crippen LogP contribution >= 0.6 is 0 Å². The van der Waals surface area contributed by atoms with Crippen LogP contribution in [-0.2, 0) is 23.1 Å². The van der Waals surface area contributed by atoms with Gasteiger partial charge in [0, 0.05) is 37.6 Å². The highest BCUT2D eigenvalue weighted by atomic mass is 16.7. The Morgan fingerprint density at radius 1 is 1.24 bits per heavy atom. The van der Waals surface area contributed by atoms with Crippen LogP contribution in [-0.4, -0.2) is 62.5 Å². The van der Waals surface area contributed by atoms with Crippen LogP contribution in [0.1, 0.15) is 49.7 Å². The number of hydrogen-bond donors (Lipinski definition) is 1. The van der Waals surface area contributed by atoms with E-state index in [0.29, 0.717) is 17.1 Å². The lowest BCUT2D eigenvalue weighted by Gasteiger charge is -2.50. The van der Waals surface area contributed by atoms with Gasteiger partial charge >= 0.3 is 0 Å². The van der Waals surface area contributed by atoms with E-state index in [-0.39, 0.29) is 18.2 Å². The van der Waals surface area contributed by atoms with Gasteiger partial charge in [0.05, 0.1) is 24.6 Å². The van der Waals surface area contributed by atoms with Gasteiger partial charge in [0.2, 0.25) is 0 Å². The van der Waals surface area contributed by atoms with Crippen LogP contribution in [0.4, 0.5) is 11.4 Å². The molecular formula is C25H32N6O6. The fraction of sp³-hybridized carbons (Fsp3) is 0.480. The predicted molar refractivity (Wildman–Crippen MR) is 134 cm³/mol. The molecule has 2 aromatic carbocycles. The summed E-state index contributed by atoms with van der Waals surface area (Å²) < 4.78 is 17.3. The molecule has 0 spiro atoms. The standard InChI is InChI=1S/C25H32N6O6/c1-15(2)17-9-7-8-10-19(17)30(14-21-26-28-29(4)27-21)22-18-13-16(31(33)34)11-12-20(18)37-25(3,23(22)32)24(35-5)36-6/h7-13,15,22-24,32H,14H2,1-6H3. The third-order valence-electron chi connectivity index (χ3n) is 6.70. The van der Waals surface area contributed by atoms with E-state index in [1.807, 2.05) is 29.2 Å². The van der Waals surface area contributed by atoms with Gasteiger partial charge in [-0.1, -0.05) is 32.0 Å². The Morgan fingerprint density at radius 3 is 2.54 bits per heavy atom. The van der Waals surface area contributed by atoms with Crippen LogP contribution in [0.25, 0.3) is 0 Å². The number of fused-ring (bicyclic) bond motifs is 1. The van der Waals surface area contributed by atoms with E-state index < -0.39 is 29.0 Å². The summed E-state index contributed by atoms with van der Waals surface area (Å²) in [5.41, 5.74) is 0.814. The van der Waals surface area contributed by atoms with Gasteiger partial charge in [0.25, 0.3) is 5.69 Å². The lowest BCUT2D eigenvalue weighted by molar-refractivity contribution is -0.385. The van der Waals surface area contributed by atoms with Gasteiger partial charge in [-0.25, -0.2) is 0 Å². The van der Waals surface area contributed by atoms with Crippen molar-refractivity contribution in [1.29, 1.82) is 0 Å². The van der Waals surface area contributed by atoms with Crippen LogP contribution in [0.15, 0.2) is 42.5 Å². The molecule has 0 fully saturated rings. The molecular weight excluding hydrogens is 480 g/mol. The zero-order valence-electron chi connectivity index (χ0n) is 21.7. The van der Waals surface area contributed by atoms with Crippen molar-refractivity contribution >= 4 is 11.4 Å². The number of tetrazole rings is 1. The number of aryl methyl sites for hydroxylation is 1. The summed E-state index contributed by atoms with van der Waals surface area (Å²) in [4.78, 5) is 14.5. The highest BCUT2D eigenvalue weighted by molar-refractivity contribution is 5.60. The minimum Gasteiger partial charge on any atom is -0.479 e. The van der Waals surface area contributed by atoms with Crippen LogP contribution in [0, 0.1) is 10.1 Å². The molecule has 12 nitrogen and oxygen atoms in total. The maximum atomic E-state index is 12.0. The van der Waals surface area contributed by atoms with E-state index in [1.54, 1.807) is 20.0 Å². The Bertz CT molecular complexity index is 1260. The predicted octanol–water partition coefficient (Wildman–Crippen LogP) is 3.12. The number of ether oxygens (including phenoxy) is 3. The minimum atomic E-state index is -1.36. The molecule has 12 heteroatoms. The molecule has 0 saturated heterocycles. The van der Waals surface area contributed by atoms with E-state index in [0.717, 1.165) is 11.3 Å². The Morgan fingerprint density at radius 2 is 1.95 bits per heavy atom. The second kappa shape index (κ2) is 10.4. The van der Waals surface area contributed by atoms with Crippen LogP contribution in [0.5, 0.6) is 5.75 Å². The molecule has 0 aliphatic carbocycles. The number of nitro benzene ring substituents is 1. The summed E-state index contributed by atoms with van der Waals surface area (Å²) in [6.07, 6.45) is -2.19. The fourth-order valence-electron chi connectivity index (χ4n) is 4.95. The molecule has 1 aromatic heterocycles. The topological polar surface area (TPSA) is 138 Å². The molecule has 198 valence electrons. The van der Waals surface area contributed by atoms with Crippen LogP contribution in [0.2, 0.25) is 0 Å². The molecule has 37 heavy (non-hydrogen) atoms. The molecule has 3 aromatic rings. The van der Waals surface area contributed by atoms with Crippen molar-refractivity contribution in [2.24, 2.45) is 7.05 Å². The number of anilines is 1. The number of aromatic nitrogens is 4. The van der Waals surface area contributed by atoms with Gasteiger partial charge in [0.15, 0.2) is 17.7 Å². The average molecular weight is 513 g/mol. The summed E-state index contributed by atoms with van der Waals surface area (Å²) in [5.74, 6) is 0.942. The SMILES string of the molecule is COC(OC)C1(C)Oc2ccc([N+](=O)[O-])cc2C(N(Cc2nnn(C)n2)c2ccccc2C(C)C)C1O. The molecule has 0 amide bonds. The molecule has 0 bridgehead atoms. The third kappa shape index (κ3) is 4.87. The number of aliphatic hydroxyl groups is 1. The number of rotatable bonds is 9. The third-order valence-corrected chi connectivity index (χ3v) is 6.70. The lowest BCUT2D eigenvalue weighted by atomic mass is 9.82. The number of para-hydroxylation sites is 1. The van der Waals surface area contributed by atoms with E-state index in [9.17, 15) is 15.2 Å². The smallest absolute Gasteiger partial charge is 0.270 e. The zero-order valence-corrected chi connectivity index (χ0v) is 21.7. The monoisotopic (exact) mass is 512 g/mol. The van der Waals surface area contributed by atoms with Crippen molar-refractivity contribution in [3.63, 3.8) is 0 Å². The summed E-state index contributed by atoms with van der Waals surface area (Å²) in [6.45, 7) is 6.02. The second-order valence-corrected chi connectivity index (χ2v) is 9.49. The van der Waals surface area contributed by atoms with Gasteiger partial charge in [-0.05, 0) is 35.8 Å². The number of benzene rings is 2. The second-order valence-electron chi connectivity index (χ2n) is 9.49. The molecule has 1 N–H and O–H groups in total. The molecule has 0 saturated carbocycles. The van der Waals surface area contributed by atoms with Gasteiger partial charge in [-0.2, -0.15) is 4.80 Å². The molecule has 1 aliphatic heterocycles. The van der Waals surface area contributed by atoms with E-state index in [2.05, 4.69) is 29.3 Å². The Hall–Kier alpha value is -3.61. The van der Waals surface area contributed by atoms with Gasteiger partial charge < -0.3 is 24.2 Å². The highest BCUT2D eigenvalue weighted by Crippen LogP contribution is 2.48. The molecule has 1 aliphatic rings. The normalized spacial score (nSPS) is 21.1. The van der Waals surface area contributed by atoms with Crippen molar-refractivity contribution in [2.75, 3.05) is 19.1 Å². The summed E-state index contributed by atoms with van der Waals surface area (Å²) in [5, 5.41) is 36.2. The Labute approximate surface area is 214 Å². The van der Waals surface area contributed by atoms with Crippen molar-refractivity contribution in [3.8, 4) is 5.75 Å². The minimum absolute atomic E-state index is 0.118. The van der Waals surface area contributed by atoms with Crippen LogP contribution in [0.3, 0.4) is 0 Å². The summed E-state index contributed by atoms with van der Waals surface area (Å²) in [6, 6.07) is 11.4. The first-order valence-electron chi connectivity index (χ1n) is 11.9. The lowest BCUT2D eigenvalue weighted by Crippen LogP contribution is -2.62. The molecule has 2 heterocycles.